The highest BCUT2D eigenvalue weighted by Gasteiger charge is 2.16. The highest BCUT2D eigenvalue weighted by atomic mass is 16.5. The van der Waals surface area contributed by atoms with E-state index < -0.39 is 0 Å². The van der Waals surface area contributed by atoms with E-state index in [0.717, 1.165) is 31.6 Å². The average molecular weight is 176 g/mol. The van der Waals surface area contributed by atoms with E-state index in [1.54, 1.807) is 0 Å². The third-order valence-electron chi connectivity index (χ3n) is 2.83. The Balaban J connectivity index is 2.53. The lowest BCUT2D eigenvalue weighted by molar-refractivity contribution is 0.357. The van der Waals surface area contributed by atoms with Gasteiger partial charge in [0.2, 0.25) is 0 Å². The van der Waals surface area contributed by atoms with Crippen LogP contribution in [-0.2, 0) is 19.3 Å². The lowest BCUT2D eigenvalue weighted by Crippen LogP contribution is -1.95. The van der Waals surface area contributed by atoms with Gasteiger partial charge in [-0.15, -0.1) is 0 Å². The summed E-state index contributed by atoms with van der Waals surface area (Å²) in [6.45, 7) is 5.32. The second-order valence-corrected chi connectivity index (χ2v) is 3.49. The number of fused-ring (bicyclic) bond motifs is 1. The van der Waals surface area contributed by atoms with Crippen molar-refractivity contribution in [2.24, 2.45) is 0 Å². The molecule has 0 fully saturated rings. The molecule has 0 radical (unpaired) electrons. The van der Waals surface area contributed by atoms with E-state index in [0.29, 0.717) is 0 Å². The molecule has 0 aromatic heterocycles. The Bertz CT molecular complexity index is 315. The molecule has 0 saturated carbocycles. The van der Waals surface area contributed by atoms with E-state index in [2.05, 4.69) is 26.0 Å². The average Bonchev–Trinajstić information content (AvgIpc) is 2.63. The Morgan fingerprint density at radius 2 is 2.08 bits per heavy atom. The summed E-state index contributed by atoms with van der Waals surface area (Å²) in [5.74, 6) is 1.12. The van der Waals surface area contributed by atoms with Crippen LogP contribution in [0.4, 0.5) is 0 Å². The van der Waals surface area contributed by atoms with Crippen molar-refractivity contribution in [3.8, 4) is 5.75 Å². The van der Waals surface area contributed by atoms with Gasteiger partial charge in [0, 0.05) is 12.0 Å². The minimum atomic E-state index is 0.871. The maximum Gasteiger partial charge on any atom is 0.122 e. The minimum Gasteiger partial charge on any atom is -0.493 e. The van der Waals surface area contributed by atoms with Gasteiger partial charge in [0.05, 0.1) is 6.61 Å². The molecular formula is C12H16O. The van der Waals surface area contributed by atoms with Crippen molar-refractivity contribution in [1.29, 1.82) is 0 Å². The summed E-state index contributed by atoms with van der Waals surface area (Å²) in [6.07, 6.45) is 3.37. The molecule has 70 valence electrons. The van der Waals surface area contributed by atoms with Crippen LogP contribution in [0.15, 0.2) is 12.1 Å². The summed E-state index contributed by atoms with van der Waals surface area (Å²) in [7, 11) is 0. The molecule has 0 spiro atoms. The number of rotatable bonds is 2. The van der Waals surface area contributed by atoms with Gasteiger partial charge in [0.1, 0.15) is 5.75 Å². The van der Waals surface area contributed by atoms with Gasteiger partial charge in [-0.25, -0.2) is 0 Å². The Morgan fingerprint density at radius 3 is 2.77 bits per heavy atom. The van der Waals surface area contributed by atoms with Gasteiger partial charge in [0.15, 0.2) is 0 Å². The van der Waals surface area contributed by atoms with E-state index in [9.17, 15) is 0 Å². The normalized spacial score (nSPS) is 14.0. The van der Waals surface area contributed by atoms with Crippen LogP contribution in [0.25, 0.3) is 0 Å². The highest BCUT2D eigenvalue weighted by molar-refractivity contribution is 5.47. The molecule has 1 aliphatic rings. The molecule has 0 unspecified atom stereocenters. The molecule has 2 rings (SSSR count). The fourth-order valence-electron chi connectivity index (χ4n) is 2.16. The lowest BCUT2D eigenvalue weighted by Gasteiger charge is -2.09. The zero-order valence-electron chi connectivity index (χ0n) is 8.39. The monoisotopic (exact) mass is 176 g/mol. The Morgan fingerprint density at radius 1 is 1.23 bits per heavy atom. The Kier molecular flexibility index (Phi) is 2.26. The lowest BCUT2D eigenvalue weighted by atomic mass is 9.96. The maximum absolute atomic E-state index is 5.54. The predicted molar refractivity (Wildman–Crippen MR) is 54.4 cm³/mol. The summed E-state index contributed by atoms with van der Waals surface area (Å²) >= 11 is 0. The molecule has 1 heterocycles. The summed E-state index contributed by atoms with van der Waals surface area (Å²) in [5, 5.41) is 0. The molecule has 0 saturated heterocycles. The fourth-order valence-corrected chi connectivity index (χ4v) is 2.16. The number of benzene rings is 1. The summed E-state index contributed by atoms with van der Waals surface area (Å²) in [6, 6.07) is 4.34. The second kappa shape index (κ2) is 3.41. The van der Waals surface area contributed by atoms with Crippen molar-refractivity contribution >= 4 is 0 Å². The van der Waals surface area contributed by atoms with Crippen LogP contribution in [0, 0.1) is 0 Å². The van der Waals surface area contributed by atoms with Crippen molar-refractivity contribution in [1.82, 2.24) is 0 Å². The van der Waals surface area contributed by atoms with Crippen LogP contribution in [0.1, 0.15) is 30.5 Å². The van der Waals surface area contributed by atoms with Crippen LogP contribution < -0.4 is 4.74 Å². The van der Waals surface area contributed by atoms with Crippen LogP contribution in [0.3, 0.4) is 0 Å². The SMILES string of the molecule is CCc1ccc2c(c1CC)CCO2. The number of hydrogen-bond donors (Lipinski definition) is 0. The molecule has 1 heteroatoms. The van der Waals surface area contributed by atoms with Crippen molar-refractivity contribution in [3.05, 3.63) is 28.8 Å². The first-order valence-electron chi connectivity index (χ1n) is 5.13. The molecule has 0 N–H and O–H groups in total. The second-order valence-electron chi connectivity index (χ2n) is 3.49. The van der Waals surface area contributed by atoms with Gasteiger partial charge >= 0.3 is 0 Å². The number of ether oxygens (including phenoxy) is 1. The van der Waals surface area contributed by atoms with Gasteiger partial charge < -0.3 is 4.74 Å². The molecule has 13 heavy (non-hydrogen) atoms. The van der Waals surface area contributed by atoms with Crippen LogP contribution in [0.2, 0.25) is 0 Å². The fraction of sp³-hybridized carbons (Fsp3) is 0.500. The Hall–Kier alpha value is -0.980. The molecular weight excluding hydrogens is 160 g/mol. The molecule has 1 aromatic rings. The van der Waals surface area contributed by atoms with E-state index in [1.807, 2.05) is 0 Å². The first-order chi connectivity index (χ1) is 6.36. The van der Waals surface area contributed by atoms with Crippen LogP contribution in [-0.4, -0.2) is 6.61 Å². The third kappa shape index (κ3) is 1.32. The van der Waals surface area contributed by atoms with Gasteiger partial charge in [-0.1, -0.05) is 19.9 Å². The summed E-state index contributed by atoms with van der Waals surface area (Å²) < 4.78 is 5.54. The van der Waals surface area contributed by atoms with Crippen molar-refractivity contribution in [2.75, 3.05) is 6.61 Å². The quantitative estimate of drug-likeness (QED) is 0.673. The van der Waals surface area contributed by atoms with E-state index >= 15 is 0 Å². The first kappa shape index (κ1) is 8.61. The Labute approximate surface area is 79.7 Å². The minimum absolute atomic E-state index is 0.871. The van der Waals surface area contributed by atoms with Crippen LogP contribution >= 0.6 is 0 Å². The van der Waals surface area contributed by atoms with Gasteiger partial charge in [-0.2, -0.15) is 0 Å². The van der Waals surface area contributed by atoms with Gasteiger partial charge in [0.25, 0.3) is 0 Å². The molecule has 0 bridgehead atoms. The molecule has 1 aromatic carbocycles. The number of hydrogen-bond acceptors (Lipinski definition) is 1. The van der Waals surface area contributed by atoms with E-state index in [-0.39, 0.29) is 0 Å². The molecule has 0 amide bonds. The molecule has 1 aliphatic heterocycles. The van der Waals surface area contributed by atoms with Crippen molar-refractivity contribution in [2.45, 2.75) is 33.1 Å². The van der Waals surface area contributed by atoms with Crippen molar-refractivity contribution < 1.29 is 4.74 Å². The number of aryl methyl sites for hydroxylation is 1. The van der Waals surface area contributed by atoms with Gasteiger partial charge in [-0.3, -0.25) is 0 Å². The van der Waals surface area contributed by atoms with E-state index in [1.165, 1.54) is 16.7 Å². The molecule has 1 nitrogen and oxygen atoms in total. The summed E-state index contributed by atoms with van der Waals surface area (Å²) in [4.78, 5) is 0. The topological polar surface area (TPSA) is 9.23 Å². The third-order valence-corrected chi connectivity index (χ3v) is 2.83. The largest absolute Gasteiger partial charge is 0.493 e. The van der Waals surface area contributed by atoms with Crippen molar-refractivity contribution in [3.63, 3.8) is 0 Å². The maximum atomic E-state index is 5.54. The molecule has 0 aliphatic carbocycles. The van der Waals surface area contributed by atoms with E-state index in [4.69, 9.17) is 4.74 Å². The zero-order valence-corrected chi connectivity index (χ0v) is 8.39. The van der Waals surface area contributed by atoms with Gasteiger partial charge in [-0.05, 0) is 30.0 Å². The first-order valence-corrected chi connectivity index (χ1v) is 5.13. The zero-order chi connectivity index (χ0) is 9.26. The van der Waals surface area contributed by atoms with Crippen LogP contribution in [0.5, 0.6) is 5.75 Å². The highest BCUT2D eigenvalue weighted by Crippen LogP contribution is 2.31. The summed E-state index contributed by atoms with van der Waals surface area (Å²) in [5.41, 5.74) is 4.48. The molecule has 0 atom stereocenters. The standard InChI is InChI=1S/C12H16O/c1-3-9-5-6-12-11(7-8-13-12)10(9)4-2/h5-6H,3-4,7-8H2,1-2H3. The smallest absolute Gasteiger partial charge is 0.122 e. The predicted octanol–water partition coefficient (Wildman–Crippen LogP) is 2.75.